The summed E-state index contributed by atoms with van der Waals surface area (Å²) in [4.78, 5) is 12.4. The van der Waals surface area contributed by atoms with Crippen LogP contribution in [0.5, 0.6) is 0 Å². The lowest BCUT2D eigenvalue weighted by atomic mass is 10.0. The van der Waals surface area contributed by atoms with E-state index in [1.807, 2.05) is 37.3 Å². The molecule has 2 rings (SSSR count). The lowest BCUT2D eigenvalue weighted by Gasteiger charge is -2.14. The fraction of sp³-hybridized carbons (Fsp3) is 0.235. The minimum Gasteiger partial charge on any atom is -0.351 e. The van der Waals surface area contributed by atoms with E-state index in [1.165, 1.54) is 25.2 Å². The van der Waals surface area contributed by atoms with E-state index in [0.29, 0.717) is 6.54 Å². The summed E-state index contributed by atoms with van der Waals surface area (Å²) in [7, 11) is -2.32. The number of rotatable bonds is 6. The zero-order chi connectivity index (χ0) is 17.7. The highest BCUT2D eigenvalue weighted by molar-refractivity contribution is 7.89. The van der Waals surface area contributed by atoms with Crippen LogP contribution in [0, 0.1) is 0 Å². The van der Waals surface area contributed by atoms with Crippen LogP contribution in [-0.2, 0) is 10.0 Å². The Morgan fingerprint density at radius 1 is 1.17 bits per heavy atom. The number of benzene rings is 2. The Labute approximate surface area is 147 Å². The molecule has 2 aromatic carbocycles. The normalized spacial score (nSPS) is 12.6. The molecule has 0 radical (unpaired) electrons. The zero-order valence-electron chi connectivity index (χ0n) is 13.4. The number of hydrogen-bond donors (Lipinski definition) is 2. The molecule has 0 aromatic heterocycles. The zero-order valence-corrected chi connectivity index (χ0v) is 15.0. The highest BCUT2D eigenvalue weighted by Crippen LogP contribution is 2.21. The molecule has 0 heterocycles. The van der Waals surface area contributed by atoms with Gasteiger partial charge in [-0.05, 0) is 36.7 Å². The van der Waals surface area contributed by atoms with Gasteiger partial charge in [0.2, 0.25) is 10.0 Å². The van der Waals surface area contributed by atoms with Crippen LogP contribution in [0.15, 0.2) is 53.4 Å². The fourth-order valence-corrected chi connectivity index (χ4v) is 3.16. The van der Waals surface area contributed by atoms with Gasteiger partial charge in [0, 0.05) is 6.54 Å². The number of halogens is 1. The van der Waals surface area contributed by atoms with Crippen molar-refractivity contribution in [3.63, 3.8) is 0 Å². The molecular weight excluding hydrogens is 348 g/mol. The standard InChI is InChI=1S/C17H19ClN2O3S/c1-12(13-6-4-3-5-7-13)11-20-17(21)15-10-14(8-9-16(15)18)24(22,23)19-2/h3-10,12,19H,11H2,1-2H3,(H,20,21)/t12-/m0/s1. The Morgan fingerprint density at radius 3 is 2.46 bits per heavy atom. The maximum absolute atomic E-state index is 12.4. The first kappa shape index (κ1) is 18.4. The van der Waals surface area contributed by atoms with Crippen molar-refractivity contribution in [3.05, 3.63) is 64.7 Å². The third-order valence-electron chi connectivity index (χ3n) is 3.70. The average Bonchev–Trinajstić information content (AvgIpc) is 2.60. The lowest BCUT2D eigenvalue weighted by molar-refractivity contribution is 0.0951. The van der Waals surface area contributed by atoms with Crippen LogP contribution in [0.1, 0.15) is 28.8 Å². The van der Waals surface area contributed by atoms with Gasteiger partial charge in [0.15, 0.2) is 0 Å². The Morgan fingerprint density at radius 2 is 1.83 bits per heavy atom. The summed E-state index contributed by atoms with van der Waals surface area (Å²) >= 11 is 6.04. The summed E-state index contributed by atoms with van der Waals surface area (Å²) in [6.07, 6.45) is 0. The molecule has 0 aliphatic carbocycles. The van der Waals surface area contributed by atoms with Crippen molar-refractivity contribution < 1.29 is 13.2 Å². The quantitative estimate of drug-likeness (QED) is 0.825. The van der Waals surface area contributed by atoms with Gasteiger partial charge in [0.1, 0.15) is 0 Å². The molecule has 5 nitrogen and oxygen atoms in total. The van der Waals surface area contributed by atoms with E-state index < -0.39 is 15.9 Å². The second-order valence-corrected chi connectivity index (χ2v) is 7.66. The van der Waals surface area contributed by atoms with Crippen molar-refractivity contribution in [2.24, 2.45) is 0 Å². The third kappa shape index (κ3) is 4.35. The Kier molecular flexibility index (Phi) is 5.99. The third-order valence-corrected chi connectivity index (χ3v) is 5.44. The van der Waals surface area contributed by atoms with Gasteiger partial charge < -0.3 is 5.32 Å². The van der Waals surface area contributed by atoms with Gasteiger partial charge in [-0.2, -0.15) is 0 Å². The predicted molar refractivity (Wildman–Crippen MR) is 94.9 cm³/mol. The van der Waals surface area contributed by atoms with Crippen LogP contribution in [0.4, 0.5) is 0 Å². The monoisotopic (exact) mass is 366 g/mol. The van der Waals surface area contributed by atoms with Gasteiger partial charge in [-0.3, -0.25) is 4.79 Å². The molecule has 7 heteroatoms. The van der Waals surface area contributed by atoms with Gasteiger partial charge in [-0.25, -0.2) is 13.1 Å². The number of carbonyl (C=O) groups excluding carboxylic acids is 1. The highest BCUT2D eigenvalue weighted by Gasteiger charge is 2.18. The van der Waals surface area contributed by atoms with Crippen molar-refractivity contribution in [2.45, 2.75) is 17.7 Å². The second kappa shape index (κ2) is 7.79. The molecule has 0 fully saturated rings. The van der Waals surface area contributed by atoms with E-state index in [9.17, 15) is 13.2 Å². The smallest absolute Gasteiger partial charge is 0.252 e. The van der Waals surface area contributed by atoms with E-state index >= 15 is 0 Å². The molecule has 0 saturated heterocycles. The van der Waals surface area contributed by atoms with Crippen LogP contribution in [-0.4, -0.2) is 27.9 Å². The highest BCUT2D eigenvalue weighted by atomic mass is 35.5. The maximum atomic E-state index is 12.4. The summed E-state index contributed by atoms with van der Waals surface area (Å²) in [6, 6.07) is 13.8. The molecule has 0 aliphatic heterocycles. The molecule has 0 unspecified atom stereocenters. The first-order valence-corrected chi connectivity index (χ1v) is 9.27. The molecule has 128 valence electrons. The number of nitrogens with one attached hydrogen (secondary N) is 2. The first-order valence-electron chi connectivity index (χ1n) is 7.41. The van der Waals surface area contributed by atoms with E-state index in [-0.39, 0.29) is 21.4 Å². The maximum Gasteiger partial charge on any atom is 0.252 e. The molecule has 0 saturated carbocycles. The van der Waals surface area contributed by atoms with Crippen LogP contribution >= 0.6 is 11.6 Å². The van der Waals surface area contributed by atoms with Crippen LogP contribution in [0.2, 0.25) is 5.02 Å². The molecule has 1 amide bonds. The van der Waals surface area contributed by atoms with Crippen LogP contribution in [0.3, 0.4) is 0 Å². The molecule has 1 atom stereocenters. The number of hydrogen-bond acceptors (Lipinski definition) is 3. The summed E-state index contributed by atoms with van der Waals surface area (Å²) in [5.74, 6) is -0.283. The first-order chi connectivity index (χ1) is 11.3. The SMILES string of the molecule is CNS(=O)(=O)c1ccc(Cl)c(C(=O)NC[C@H](C)c2ccccc2)c1. The number of carbonyl (C=O) groups is 1. The van der Waals surface area contributed by atoms with Crippen molar-refractivity contribution in [2.75, 3.05) is 13.6 Å². The minimum atomic E-state index is -3.63. The van der Waals surface area contributed by atoms with Gasteiger partial charge in [-0.15, -0.1) is 0 Å². The Balaban J connectivity index is 2.14. The summed E-state index contributed by atoms with van der Waals surface area (Å²) in [6.45, 7) is 2.42. The van der Waals surface area contributed by atoms with Crippen molar-refractivity contribution in [3.8, 4) is 0 Å². The average molecular weight is 367 g/mol. The summed E-state index contributed by atoms with van der Waals surface area (Å²) < 4.78 is 25.9. The molecule has 0 spiro atoms. The minimum absolute atomic E-state index is 0.00402. The molecule has 0 aliphatic rings. The lowest BCUT2D eigenvalue weighted by Crippen LogP contribution is -2.28. The van der Waals surface area contributed by atoms with E-state index in [1.54, 1.807) is 0 Å². The topological polar surface area (TPSA) is 75.3 Å². The molecular formula is C17H19ClN2O3S. The van der Waals surface area contributed by atoms with Gasteiger partial charge in [0.05, 0.1) is 15.5 Å². The second-order valence-electron chi connectivity index (χ2n) is 5.37. The summed E-state index contributed by atoms with van der Waals surface area (Å²) in [5.41, 5.74) is 1.24. The van der Waals surface area contributed by atoms with E-state index in [4.69, 9.17) is 11.6 Å². The molecule has 2 aromatic rings. The number of sulfonamides is 1. The predicted octanol–water partition coefficient (Wildman–Crippen LogP) is 2.78. The van der Waals surface area contributed by atoms with E-state index in [0.717, 1.165) is 5.56 Å². The molecule has 24 heavy (non-hydrogen) atoms. The van der Waals surface area contributed by atoms with Crippen molar-refractivity contribution in [1.29, 1.82) is 0 Å². The Bertz CT molecular complexity index is 823. The largest absolute Gasteiger partial charge is 0.351 e. The van der Waals surface area contributed by atoms with Crippen LogP contribution in [0.25, 0.3) is 0 Å². The number of amides is 1. The van der Waals surface area contributed by atoms with Gasteiger partial charge >= 0.3 is 0 Å². The Hall–Kier alpha value is -1.89. The van der Waals surface area contributed by atoms with Gasteiger partial charge in [0.25, 0.3) is 5.91 Å². The van der Waals surface area contributed by atoms with Crippen molar-refractivity contribution in [1.82, 2.24) is 10.0 Å². The van der Waals surface area contributed by atoms with Crippen LogP contribution < -0.4 is 10.0 Å². The molecule has 2 N–H and O–H groups in total. The summed E-state index contributed by atoms with van der Waals surface area (Å²) in [5, 5.41) is 3.00. The molecule has 0 bridgehead atoms. The fourth-order valence-electron chi connectivity index (χ4n) is 2.20. The van der Waals surface area contributed by atoms with E-state index in [2.05, 4.69) is 10.0 Å². The van der Waals surface area contributed by atoms with Gasteiger partial charge in [-0.1, -0.05) is 48.9 Å². The van der Waals surface area contributed by atoms with Crippen molar-refractivity contribution >= 4 is 27.5 Å².